The number of halogens is 4. The van der Waals surface area contributed by atoms with Crippen molar-refractivity contribution in [2.24, 2.45) is 0 Å². The molecule has 0 saturated heterocycles. The summed E-state index contributed by atoms with van der Waals surface area (Å²) in [5, 5.41) is 0. The summed E-state index contributed by atoms with van der Waals surface area (Å²) in [7, 11) is 0. The van der Waals surface area contributed by atoms with Crippen molar-refractivity contribution in [3.8, 4) is 0 Å². The number of pyridine rings is 1. The quantitative estimate of drug-likeness (QED) is 0.636. The van der Waals surface area contributed by atoms with Crippen LogP contribution in [0.25, 0.3) is 0 Å². The normalized spacial score (nSPS) is 10.8. The van der Waals surface area contributed by atoms with Gasteiger partial charge in [0.25, 0.3) is 6.43 Å². The van der Waals surface area contributed by atoms with E-state index in [4.69, 9.17) is 0 Å². The molecule has 0 radical (unpaired) electrons. The maximum Gasteiger partial charge on any atom is 0.280 e. The van der Waals surface area contributed by atoms with Crippen LogP contribution in [0.4, 0.5) is 17.6 Å². The fraction of sp³-hybridized carbons (Fsp3) is 0.286. The number of alkyl halides is 3. The van der Waals surface area contributed by atoms with Crippen molar-refractivity contribution in [2.75, 3.05) is 0 Å². The molecule has 0 N–H and O–H groups in total. The Bertz CT molecular complexity index is 274. The third-order valence-corrected chi connectivity index (χ3v) is 1.37. The highest BCUT2D eigenvalue weighted by Crippen LogP contribution is 2.22. The van der Waals surface area contributed by atoms with Crippen molar-refractivity contribution < 1.29 is 17.6 Å². The molecule has 0 atom stereocenters. The Labute approximate surface area is 66.0 Å². The van der Waals surface area contributed by atoms with Crippen LogP contribution in [0.5, 0.6) is 0 Å². The zero-order valence-corrected chi connectivity index (χ0v) is 5.90. The summed E-state index contributed by atoms with van der Waals surface area (Å²) in [6.07, 6.45) is -2.05. The van der Waals surface area contributed by atoms with Crippen LogP contribution in [0.15, 0.2) is 12.3 Å². The van der Waals surface area contributed by atoms with Crippen LogP contribution in [0.3, 0.4) is 0 Å². The highest BCUT2D eigenvalue weighted by atomic mass is 19.3. The van der Waals surface area contributed by atoms with Gasteiger partial charge < -0.3 is 0 Å². The molecule has 0 aliphatic rings. The van der Waals surface area contributed by atoms with E-state index in [1.807, 2.05) is 0 Å². The van der Waals surface area contributed by atoms with Gasteiger partial charge in [-0.2, -0.15) is 0 Å². The van der Waals surface area contributed by atoms with Gasteiger partial charge in [-0.05, 0) is 6.07 Å². The van der Waals surface area contributed by atoms with E-state index in [2.05, 4.69) is 4.98 Å². The zero-order chi connectivity index (χ0) is 9.14. The molecule has 5 heteroatoms. The van der Waals surface area contributed by atoms with E-state index in [1.54, 1.807) is 0 Å². The first kappa shape index (κ1) is 8.96. The molecule has 1 nitrogen and oxygen atoms in total. The molecule has 0 bridgehead atoms. The maximum absolute atomic E-state index is 12.6. The third-order valence-electron chi connectivity index (χ3n) is 1.37. The van der Waals surface area contributed by atoms with Gasteiger partial charge in [-0.15, -0.1) is 0 Å². The molecule has 1 aromatic heterocycles. The molecule has 0 fully saturated rings. The van der Waals surface area contributed by atoms with E-state index in [0.29, 0.717) is 0 Å². The van der Waals surface area contributed by atoms with Gasteiger partial charge >= 0.3 is 0 Å². The molecule has 0 amide bonds. The lowest BCUT2D eigenvalue weighted by Crippen LogP contribution is -1.99. The monoisotopic (exact) mass is 179 g/mol. The number of hydrogen-bond donors (Lipinski definition) is 0. The lowest BCUT2D eigenvalue weighted by molar-refractivity contribution is 0.143. The van der Waals surface area contributed by atoms with Crippen LogP contribution in [0, 0.1) is 5.82 Å². The van der Waals surface area contributed by atoms with Gasteiger partial charge in [0.1, 0.15) is 18.2 Å². The number of hydrogen-bond acceptors (Lipinski definition) is 1. The summed E-state index contributed by atoms with van der Waals surface area (Å²) in [4.78, 5) is 3.18. The number of aromatic nitrogens is 1. The fourth-order valence-electron chi connectivity index (χ4n) is 0.804. The predicted octanol–water partition coefficient (Wildman–Crippen LogP) is 2.63. The Morgan fingerprint density at radius 2 is 2.08 bits per heavy atom. The Morgan fingerprint density at radius 3 is 2.50 bits per heavy atom. The standard InChI is InChI=1S/C7H5F4N/c8-3-4-5(9)1-2-12-6(4)7(10)11/h1-2,7H,3H2. The lowest BCUT2D eigenvalue weighted by atomic mass is 10.2. The van der Waals surface area contributed by atoms with Crippen LogP contribution >= 0.6 is 0 Å². The Kier molecular flexibility index (Phi) is 2.62. The summed E-state index contributed by atoms with van der Waals surface area (Å²) >= 11 is 0. The highest BCUT2D eigenvalue weighted by Gasteiger charge is 2.17. The number of rotatable bonds is 2. The molecular formula is C7H5F4N. The van der Waals surface area contributed by atoms with Crippen molar-refractivity contribution in [1.82, 2.24) is 4.98 Å². The second-order valence-corrected chi connectivity index (χ2v) is 2.09. The second-order valence-electron chi connectivity index (χ2n) is 2.09. The average Bonchev–Trinajstić information content (AvgIpc) is 2.03. The molecule has 0 aliphatic heterocycles. The summed E-state index contributed by atoms with van der Waals surface area (Å²) < 4.78 is 48.6. The molecule has 0 unspecified atom stereocenters. The minimum atomic E-state index is -2.94. The van der Waals surface area contributed by atoms with E-state index < -0.39 is 30.2 Å². The van der Waals surface area contributed by atoms with Crippen molar-refractivity contribution in [2.45, 2.75) is 13.1 Å². The fourth-order valence-corrected chi connectivity index (χ4v) is 0.804. The molecule has 1 rings (SSSR count). The van der Waals surface area contributed by atoms with Crippen molar-refractivity contribution in [1.29, 1.82) is 0 Å². The first-order valence-electron chi connectivity index (χ1n) is 3.14. The van der Waals surface area contributed by atoms with Gasteiger partial charge in [0, 0.05) is 11.8 Å². The Hall–Kier alpha value is -1.13. The van der Waals surface area contributed by atoms with E-state index in [9.17, 15) is 17.6 Å². The first-order valence-corrected chi connectivity index (χ1v) is 3.14. The van der Waals surface area contributed by atoms with E-state index in [-0.39, 0.29) is 0 Å². The summed E-state index contributed by atoms with van der Waals surface area (Å²) in [6, 6.07) is 0.848. The van der Waals surface area contributed by atoms with Gasteiger partial charge in [-0.1, -0.05) is 0 Å². The smallest absolute Gasteiger partial charge is 0.255 e. The molecule has 12 heavy (non-hydrogen) atoms. The first-order chi connectivity index (χ1) is 5.66. The van der Waals surface area contributed by atoms with Gasteiger partial charge in [0.2, 0.25) is 0 Å². The zero-order valence-electron chi connectivity index (χ0n) is 5.90. The molecule has 0 saturated carbocycles. The largest absolute Gasteiger partial charge is 0.280 e. The van der Waals surface area contributed by atoms with E-state index in [1.165, 1.54) is 0 Å². The molecule has 0 aromatic carbocycles. The van der Waals surface area contributed by atoms with Gasteiger partial charge in [0.05, 0.1) is 0 Å². The van der Waals surface area contributed by atoms with Crippen LogP contribution in [0.2, 0.25) is 0 Å². The van der Waals surface area contributed by atoms with Gasteiger partial charge in [0.15, 0.2) is 0 Å². The van der Waals surface area contributed by atoms with E-state index >= 15 is 0 Å². The summed E-state index contributed by atoms with van der Waals surface area (Å²) in [5.74, 6) is -0.984. The van der Waals surface area contributed by atoms with Crippen LogP contribution in [-0.4, -0.2) is 4.98 Å². The molecular weight excluding hydrogens is 174 g/mol. The highest BCUT2D eigenvalue weighted by molar-refractivity contribution is 5.21. The van der Waals surface area contributed by atoms with Crippen LogP contribution < -0.4 is 0 Å². The average molecular weight is 179 g/mol. The van der Waals surface area contributed by atoms with Gasteiger partial charge in [-0.25, -0.2) is 17.6 Å². The molecule has 66 valence electrons. The summed E-state index contributed by atoms with van der Waals surface area (Å²) in [6.45, 7) is -1.26. The molecule has 0 aliphatic carbocycles. The van der Waals surface area contributed by atoms with Gasteiger partial charge in [-0.3, -0.25) is 4.98 Å². The Morgan fingerprint density at radius 1 is 1.42 bits per heavy atom. The molecule has 1 heterocycles. The minimum Gasteiger partial charge on any atom is -0.255 e. The van der Waals surface area contributed by atoms with Crippen LogP contribution in [-0.2, 0) is 6.67 Å². The third kappa shape index (κ3) is 1.54. The van der Waals surface area contributed by atoms with E-state index in [0.717, 1.165) is 12.3 Å². The Balaban J connectivity index is 3.18. The summed E-state index contributed by atoms with van der Waals surface area (Å²) in [5.41, 5.74) is -1.48. The topological polar surface area (TPSA) is 12.9 Å². The minimum absolute atomic E-state index is 0.660. The SMILES string of the molecule is FCc1c(F)ccnc1C(F)F. The van der Waals surface area contributed by atoms with Crippen molar-refractivity contribution in [3.05, 3.63) is 29.3 Å². The lowest BCUT2D eigenvalue weighted by Gasteiger charge is -2.03. The van der Waals surface area contributed by atoms with Crippen molar-refractivity contribution >= 4 is 0 Å². The van der Waals surface area contributed by atoms with Crippen molar-refractivity contribution in [3.63, 3.8) is 0 Å². The van der Waals surface area contributed by atoms with Crippen LogP contribution in [0.1, 0.15) is 17.7 Å². The molecule has 1 aromatic rings. The maximum atomic E-state index is 12.6. The molecule has 0 spiro atoms. The predicted molar refractivity (Wildman–Crippen MR) is 34.0 cm³/mol. The number of nitrogens with zero attached hydrogens (tertiary/aromatic N) is 1. The second kappa shape index (κ2) is 3.51.